The summed E-state index contributed by atoms with van der Waals surface area (Å²) in [6, 6.07) is 10.4. The number of halogens is 3. The molecular formula is C16H9BrCl2O2. The lowest BCUT2D eigenvalue weighted by Crippen LogP contribution is -2.01. The highest BCUT2D eigenvalue weighted by Gasteiger charge is 2.20. The van der Waals surface area contributed by atoms with Gasteiger partial charge in [0.1, 0.15) is 5.58 Å². The first kappa shape index (κ1) is 14.6. The number of benzene rings is 2. The number of fused-ring (bicyclic) bond motifs is 1. The predicted molar refractivity (Wildman–Crippen MR) is 88.5 cm³/mol. The lowest BCUT2D eigenvalue weighted by molar-refractivity contribution is 0.101. The number of hydrogen-bond donors (Lipinski definition) is 0. The predicted octanol–water partition coefficient (Wildman–Crippen LogP) is 6.04. The van der Waals surface area contributed by atoms with Crippen LogP contribution < -0.4 is 0 Å². The average molecular weight is 384 g/mol. The van der Waals surface area contributed by atoms with Crippen LogP contribution >= 0.6 is 39.1 Å². The van der Waals surface area contributed by atoms with Gasteiger partial charge in [-0.2, -0.15) is 0 Å². The van der Waals surface area contributed by atoms with Crippen LogP contribution in [0.15, 0.2) is 45.3 Å². The van der Waals surface area contributed by atoms with Crippen LogP contribution in [0.5, 0.6) is 0 Å². The highest BCUT2D eigenvalue weighted by atomic mass is 79.9. The highest BCUT2D eigenvalue weighted by Crippen LogP contribution is 2.30. The molecule has 1 heterocycles. The smallest absolute Gasteiger partial charge is 0.228 e. The van der Waals surface area contributed by atoms with Crippen molar-refractivity contribution in [1.82, 2.24) is 0 Å². The third kappa shape index (κ3) is 2.61. The van der Waals surface area contributed by atoms with Gasteiger partial charge in [0.25, 0.3) is 0 Å². The molecule has 0 bridgehead atoms. The molecule has 3 rings (SSSR count). The van der Waals surface area contributed by atoms with E-state index in [2.05, 4.69) is 15.9 Å². The minimum Gasteiger partial charge on any atom is -0.452 e. The number of ketones is 1. The Morgan fingerprint density at radius 1 is 1.10 bits per heavy atom. The van der Waals surface area contributed by atoms with E-state index in [9.17, 15) is 4.79 Å². The third-order valence-corrected chi connectivity index (χ3v) is 4.52. The quantitative estimate of drug-likeness (QED) is 0.505. The molecule has 0 N–H and O–H groups in total. The molecule has 0 radical (unpaired) electrons. The van der Waals surface area contributed by atoms with E-state index in [1.807, 2.05) is 25.1 Å². The van der Waals surface area contributed by atoms with Crippen molar-refractivity contribution < 1.29 is 9.21 Å². The molecule has 0 unspecified atom stereocenters. The van der Waals surface area contributed by atoms with Crippen molar-refractivity contribution in [1.29, 1.82) is 0 Å². The Hall–Kier alpha value is -1.29. The molecule has 0 saturated carbocycles. The summed E-state index contributed by atoms with van der Waals surface area (Å²) in [6.45, 7) is 1.86. The summed E-state index contributed by atoms with van der Waals surface area (Å²) in [5, 5.41) is 1.67. The van der Waals surface area contributed by atoms with Gasteiger partial charge in [-0.15, -0.1) is 0 Å². The van der Waals surface area contributed by atoms with E-state index < -0.39 is 0 Å². The van der Waals surface area contributed by atoms with Crippen molar-refractivity contribution in [3.63, 3.8) is 0 Å². The second-order valence-electron chi connectivity index (χ2n) is 4.65. The average Bonchev–Trinajstić information content (AvgIpc) is 2.78. The van der Waals surface area contributed by atoms with Crippen LogP contribution in [0.4, 0.5) is 0 Å². The maximum absolute atomic E-state index is 12.6. The summed E-state index contributed by atoms with van der Waals surface area (Å²) >= 11 is 15.3. The minimum absolute atomic E-state index is 0.210. The van der Waals surface area contributed by atoms with Gasteiger partial charge in [-0.05, 0) is 43.3 Å². The van der Waals surface area contributed by atoms with E-state index in [-0.39, 0.29) is 5.78 Å². The second-order valence-corrected chi connectivity index (χ2v) is 6.38. The molecule has 5 heteroatoms. The van der Waals surface area contributed by atoms with Crippen LogP contribution in [0.25, 0.3) is 11.0 Å². The van der Waals surface area contributed by atoms with Gasteiger partial charge in [0.15, 0.2) is 5.76 Å². The molecule has 2 nitrogen and oxygen atoms in total. The van der Waals surface area contributed by atoms with Gasteiger partial charge in [0.05, 0.1) is 10.0 Å². The molecular weight excluding hydrogens is 375 g/mol. The fourth-order valence-corrected chi connectivity index (χ4v) is 2.84. The maximum Gasteiger partial charge on any atom is 0.228 e. The zero-order chi connectivity index (χ0) is 15.1. The second kappa shape index (κ2) is 5.48. The van der Waals surface area contributed by atoms with Crippen molar-refractivity contribution in [3.8, 4) is 0 Å². The standard InChI is InChI=1S/C16H9BrCl2O2/c1-8-11-7-10(17)3-5-14(11)21-16(8)15(20)9-2-4-12(18)13(19)6-9/h2-7H,1H3. The number of carbonyl (C=O) groups is 1. The Bertz CT molecular complexity index is 868. The summed E-state index contributed by atoms with van der Waals surface area (Å²) in [5.74, 6) is 0.111. The van der Waals surface area contributed by atoms with E-state index in [0.29, 0.717) is 27.0 Å². The van der Waals surface area contributed by atoms with Crippen molar-refractivity contribution in [2.75, 3.05) is 0 Å². The SMILES string of the molecule is Cc1c(C(=O)c2ccc(Cl)c(Cl)c2)oc2ccc(Br)cc12. The number of rotatable bonds is 2. The summed E-state index contributed by atoms with van der Waals surface area (Å²) in [7, 11) is 0. The number of hydrogen-bond acceptors (Lipinski definition) is 2. The third-order valence-electron chi connectivity index (χ3n) is 3.29. The topological polar surface area (TPSA) is 30.2 Å². The van der Waals surface area contributed by atoms with Crippen LogP contribution in [-0.4, -0.2) is 5.78 Å². The van der Waals surface area contributed by atoms with E-state index in [0.717, 1.165) is 15.4 Å². The lowest BCUT2D eigenvalue weighted by atomic mass is 10.0. The molecule has 0 saturated heterocycles. The van der Waals surface area contributed by atoms with Crippen molar-refractivity contribution in [2.45, 2.75) is 6.92 Å². The Balaban J connectivity index is 2.13. The van der Waals surface area contributed by atoms with E-state index in [1.165, 1.54) is 0 Å². The zero-order valence-electron chi connectivity index (χ0n) is 10.9. The summed E-state index contributed by atoms with van der Waals surface area (Å²) in [6.07, 6.45) is 0. The zero-order valence-corrected chi connectivity index (χ0v) is 14.0. The molecule has 2 aromatic carbocycles. The number of furan rings is 1. The molecule has 0 atom stereocenters. The van der Waals surface area contributed by atoms with Crippen LogP contribution in [0.2, 0.25) is 10.0 Å². The van der Waals surface area contributed by atoms with Crippen molar-refractivity contribution in [3.05, 3.63) is 67.8 Å². The van der Waals surface area contributed by atoms with Gasteiger partial charge in [0, 0.05) is 21.0 Å². The molecule has 106 valence electrons. The van der Waals surface area contributed by atoms with Crippen molar-refractivity contribution in [2.24, 2.45) is 0 Å². The van der Waals surface area contributed by atoms with Gasteiger partial charge in [-0.1, -0.05) is 39.1 Å². The van der Waals surface area contributed by atoms with Crippen molar-refractivity contribution >= 4 is 55.9 Å². The summed E-state index contributed by atoms with van der Waals surface area (Å²) in [4.78, 5) is 12.6. The highest BCUT2D eigenvalue weighted by molar-refractivity contribution is 9.10. The van der Waals surface area contributed by atoms with Crippen LogP contribution in [0, 0.1) is 6.92 Å². The van der Waals surface area contributed by atoms with Crippen LogP contribution in [0.3, 0.4) is 0 Å². The first-order valence-electron chi connectivity index (χ1n) is 6.16. The molecule has 1 aromatic heterocycles. The Kier molecular flexibility index (Phi) is 3.82. The van der Waals surface area contributed by atoms with Crippen LogP contribution in [-0.2, 0) is 0 Å². The van der Waals surface area contributed by atoms with Gasteiger partial charge in [-0.3, -0.25) is 4.79 Å². The number of carbonyl (C=O) groups excluding carboxylic acids is 1. The first-order valence-corrected chi connectivity index (χ1v) is 7.70. The van der Waals surface area contributed by atoms with Gasteiger partial charge < -0.3 is 4.42 Å². The largest absolute Gasteiger partial charge is 0.452 e. The van der Waals surface area contributed by atoms with E-state index in [4.69, 9.17) is 27.6 Å². The summed E-state index contributed by atoms with van der Waals surface area (Å²) < 4.78 is 6.63. The maximum atomic E-state index is 12.6. The normalized spacial score (nSPS) is 11.0. The fourth-order valence-electron chi connectivity index (χ4n) is 2.18. The van der Waals surface area contributed by atoms with E-state index >= 15 is 0 Å². The molecule has 3 aromatic rings. The molecule has 21 heavy (non-hydrogen) atoms. The Morgan fingerprint density at radius 2 is 1.86 bits per heavy atom. The molecule has 0 spiro atoms. The molecule has 0 aliphatic rings. The molecule has 0 fully saturated rings. The lowest BCUT2D eigenvalue weighted by Gasteiger charge is -2.01. The molecule has 0 aliphatic carbocycles. The first-order chi connectivity index (χ1) is 9.97. The van der Waals surface area contributed by atoms with Crippen LogP contribution in [0.1, 0.15) is 21.7 Å². The Morgan fingerprint density at radius 3 is 2.57 bits per heavy atom. The Labute approximate surface area is 139 Å². The van der Waals surface area contributed by atoms with Gasteiger partial charge in [-0.25, -0.2) is 0 Å². The number of aryl methyl sites for hydroxylation is 1. The fraction of sp³-hybridized carbons (Fsp3) is 0.0625. The molecule has 0 aliphatic heterocycles. The minimum atomic E-state index is -0.210. The van der Waals surface area contributed by atoms with Gasteiger partial charge in [0.2, 0.25) is 5.78 Å². The monoisotopic (exact) mass is 382 g/mol. The van der Waals surface area contributed by atoms with E-state index in [1.54, 1.807) is 18.2 Å². The van der Waals surface area contributed by atoms with Gasteiger partial charge >= 0.3 is 0 Å². The summed E-state index contributed by atoms with van der Waals surface area (Å²) in [5.41, 5.74) is 1.94. The molecule has 0 amide bonds.